The molecule has 0 aromatic heterocycles. The molecule has 0 saturated carbocycles. The summed E-state index contributed by atoms with van der Waals surface area (Å²) in [5, 5.41) is 8.94. The number of aliphatic carboxylic acids is 1. The Hall–Kier alpha value is -1.12. The van der Waals surface area contributed by atoms with E-state index in [1.54, 1.807) is 24.3 Å². The number of benzene rings is 1. The van der Waals surface area contributed by atoms with Crippen molar-refractivity contribution in [2.24, 2.45) is 0 Å². The molecular weight excluding hydrogens is 203 g/mol. The molecule has 76 valence electrons. The quantitative estimate of drug-likeness (QED) is 0.750. The second-order valence-electron chi connectivity index (χ2n) is 2.65. The SMILES string of the molecule is O=C(O)CCO[PH](=O)c1ccccc1. The Morgan fingerprint density at radius 2 is 2.00 bits per heavy atom. The Kier molecular flexibility index (Phi) is 4.36. The highest BCUT2D eigenvalue weighted by Crippen LogP contribution is 2.20. The van der Waals surface area contributed by atoms with E-state index in [0.717, 1.165) is 0 Å². The van der Waals surface area contributed by atoms with Gasteiger partial charge in [0.1, 0.15) is 0 Å². The third kappa shape index (κ3) is 3.73. The molecule has 1 rings (SSSR count). The molecule has 0 fully saturated rings. The summed E-state index contributed by atoms with van der Waals surface area (Å²) in [4.78, 5) is 10.1. The second kappa shape index (κ2) is 5.58. The minimum Gasteiger partial charge on any atom is -0.481 e. The first kappa shape index (κ1) is 11.0. The first-order valence-electron chi connectivity index (χ1n) is 4.14. The first-order valence-corrected chi connectivity index (χ1v) is 5.46. The average Bonchev–Trinajstić information content (AvgIpc) is 2.18. The van der Waals surface area contributed by atoms with Gasteiger partial charge in [0.2, 0.25) is 8.03 Å². The normalized spacial score (nSPS) is 12.3. The predicted octanol–water partition coefficient (Wildman–Crippen LogP) is 1.28. The van der Waals surface area contributed by atoms with Gasteiger partial charge >= 0.3 is 5.97 Å². The van der Waals surface area contributed by atoms with Gasteiger partial charge in [-0.05, 0) is 12.1 Å². The van der Waals surface area contributed by atoms with Gasteiger partial charge < -0.3 is 9.63 Å². The van der Waals surface area contributed by atoms with Crippen molar-refractivity contribution in [1.29, 1.82) is 0 Å². The van der Waals surface area contributed by atoms with Crippen molar-refractivity contribution in [3.63, 3.8) is 0 Å². The van der Waals surface area contributed by atoms with Crippen molar-refractivity contribution in [2.75, 3.05) is 6.61 Å². The average molecular weight is 214 g/mol. The zero-order valence-corrected chi connectivity index (χ0v) is 8.47. The van der Waals surface area contributed by atoms with Gasteiger partial charge in [0, 0.05) is 5.30 Å². The van der Waals surface area contributed by atoms with Crippen LogP contribution in [0.25, 0.3) is 0 Å². The smallest absolute Gasteiger partial charge is 0.305 e. The van der Waals surface area contributed by atoms with Crippen molar-refractivity contribution >= 4 is 19.3 Å². The number of rotatable bonds is 5. The lowest BCUT2D eigenvalue weighted by Gasteiger charge is -2.01. The number of carbonyl (C=O) groups is 1. The van der Waals surface area contributed by atoms with E-state index in [1.165, 1.54) is 0 Å². The predicted molar refractivity (Wildman–Crippen MR) is 53.3 cm³/mol. The van der Waals surface area contributed by atoms with Gasteiger partial charge in [-0.3, -0.25) is 9.36 Å². The summed E-state index contributed by atoms with van der Waals surface area (Å²) in [5.41, 5.74) is 0. The molecule has 0 aliphatic carbocycles. The molecule has 0 heterocycles. The van der Waals surface area contributed by atoms with E-state index < -0.39 is 14.0 Å². The van der Waals surface area contributed by atoms with Gasteiger partial charge in [-0.2, -0.15) is 0 Å². The van der Waals surface area contributed by atoms with Crippen LogP contribution in [0.2, 0.25) is 0 Å². The molecule has 0 amide bonds. The summed E-state index contributed by atoms with van der Waals surface area (Å²) < 4.78 is 16.3. The minimum absolute atomic E-state index is 0.0119. The van der Waals surface area contributed by atoms with E-state index in [1.807, 2.05) is 6.07 Å². The maximum Gasteiger partial charge on any atom is 0.305 e. The fourth-order valence-corrected chi connectivity index (χ4v) is 1.81. The monoisotopic (exact) mass is 214 g/mol. The van der Waals surface area contributed by atoms with Gasteiger partial charge in [0.25, 0.3) is 0 Å². The lowest BCUT2D eigenvalue weighted by atomic mass is 10.4. The van der Waals surface area contributed by atoms with E-state index in [4.69, 9.17) is 9.63 Å². The zero-order chi connectivity index (χ0) is 10.4. The van der Waals surface area contributed by atoms with Crippen LogP contribution in [0.1, 0.15) is 6.42 Å². The molecule has 0 radical (unpaired) electrons. The van der Waals surface area contributed by atoms with Crippen LogP contribution in [-0.4, -0.2) is 17.7 Å². The van der Waals surface area contributed by atoms with Crippen LogP contribution >= 0.6 is 8.03 Å². The summed E-state index contributed by atoms with van der Waals surface area (Å²) in [5.74, 6) is -0.951. The fourth-order valence-electron chi connectivity index (χ4n) is 0.889. The standard InChI is InChI=1S/C9H11O4P/c10-9(11)6-7-13-14(12)8-4-2-1-3-5-8/h1-5,14H,6-7H2,(H,10,11). The van der Waals surface area contributed by atoms with Crippen molar-refractivity contribution < 1.29 is 19.0 Å². The third-order valence-electron chi connectivity index (χ3n) is 1.56. The summed E-state index contributed by atoms with van der Waals surface area (Å²) in [6, 6.07) is 8.73. The lowest BCUT2D eigenvalue weighted by Crippen LogP contribution is -2.02. The van der Waals surface area contributed by atoms with Gasteiger partial charge in [-0.1, -0.05) is 18.2 Å². The number of hydrogen-bond acceptors (Lipinski definition) is 3. The molecule has 1 aromatic rings. The zero-order valence-electron chi connectivity index (χ0n) is 7.47. The van der Waals surface area contributed by atoms with Crippen LogP contribution in [0.4, 0.5) is 0 Å². The topological polar surface area (TPSA) is 63.6 Å². The van der Waals surface area contributed by atoms with Gasteiger partial charge in [0.15, 0.2) is 0 Å². The molecule has 14 heavy (non-hydrogen) atoms. The maximum absolute atomic E-state index is 11.4. The van der Waals surface area contributed by atoms with Gasteiger partial charge in [0.05, 0.1) is 13.0 Å². The molecule has 5 heteroatoms. The molecule has 4 nitrogen and oxygen atoms in total. The van der Waals surface area contributed by atoms with Crippen molar-refractivity contribution in [3.05, 3.63) is 30.3 Å². The van der Waals surface area contributed by atoms with E-state index in [2.05, 4.69) is 0 Å². The molecular formula is C9H11O4P. The van der Waals surface area contributed by atoms with Crippen LogP contribution in [0, 0.1) is 0 Å². The Bertz CT molecular complexity index is 323. The number of carboxylic acid groups (broad SMARTS) is 1. The van der Waals surface area contributed by atoms with Crippen molar-refractivity contribution in [2.45, 2.75) is 6.42 Å². The number of hydrogen-bond donors (Lipinski definition) is 1. The van der Waals surface area contributed by atoms with Crippen molar-refractivity contribution in [1.82, 2.24) is 0 Å². The molecule has 1 N–H and O–H groups in total. The molecule has 0 aliphatic heterocycles. The van der Waals surface area contributed by atoms with Crippen LogP contribution in [0.15, 0.2) is 30.3 Å². The molecule has 0 bridgehead atoms. The Labute approximate surface area is 82.4 Å². The summed E-state index contributed by atoms with van der Waals surface area (Å²) in [6.45, 7) is -0.0119. The van der Waals surface area contributed by atoms with Crippen LogP contribution in [0.5, 0.6) is 0 Å². The van der Waals surface area contributed by atoms with Crippen LogP contribution in [0.3, 0.4) is 0 Å². The Morgan fingerprint density at radius 3 is 2.57 bits per heavy atom. The summed E-state index contributed by atoms with van der Waals surface area (Å²) >= 11 is 0. The second-order valence-corrected chi connectivity index (χ2v) is 4.09. The molecule has 0 saturated heterocycles. The first-order chi connectivity index (χ1) is 6.70. The van der Waals surface area contributed by atoms with Gasteiger partial charge in [-0.15, -0.1) is 0 Å². The fraction of sp³-hybridized carbons (Fsp3) is 0.222. The molecule has 1 atom stereocenters. The van der Waals surface area contributed by atoms with E-state index in [9.17, 15) is 9.36 Å². The summed E-state index contributed by atoms with van der Waals surface area (Å²) in [7, 11) is -2.28. The van der Waals surface area contributed by atoms with Gasteiger partial charge in [-0.25, -0.2) is 0 Å². The highest BCUT2D eigenvalue weighted by atomic mass is 31.1. The summed E-state index contributed by atoms with van der Waals surface area (Å²) in [6.07, 6.45) is -0.122. The van der Waals surface area contributed by atoms with Crippen LogP contribution in [-0.2, 0) is 13.9 Å². The molecule has 1 unspecified atom stereocenters. The molecule has 0 spiro atoms. The Balaban J connectivity index is 2.40. The van der Waals surface area contributed by atoms with E-state index in [-0.39, 0.29) is 13.0 Å². The highest BCUT2D eigenvalue weighted by Gasteiger charge is 2.03. The lowest BCUT2D eigenvalue weighted by molar-refractivity contribution is -0.137. The molecule has 0 aliphatic rings. The number of carboxylic acids is 1. The highest BCUT2D eigenvalue weighted by molar-refractivity contribution is 7.48. The Morgan fingerprint density at radius 1 is 1.36 bits per heavy atom. The van der Waals surface area contributed by atoms with E-state index in [0.29, 0.717) is 5.30 Å². The molecule has 1 aromatic carbocycles. The minimum atomic E-state index is -2.28. The van der Waals surface area contributed by atoms with Crippen LogP contribution < -0.4 is 5.30 Å². The largest absolute Gasteiger partial charge is 0.481 e. The van der Waals surface area contributed by atoms with Crippen molar-refractivity contribution in [3.8, 4) is 0 Å². The van der Waals surface area contributed by atoms with E-state index >= 15 is 0 Å². The maximum atomic E-state index is 11.4. The third-order valence-corrected chi connectivity index (χ3v) is 2.83.